The van der Waals surface area contributed by atoms with Gasteiger partial charge in [-0.1, -0.05) is 0 Å². The molecule has 0 fully saturated rings. The number of rotatable bonds is 4. The van der Waals surface area contributed by atoms with Crippen LogP contribution < -0.4 is 5.32 Å². The molecule has 1 N–H and O–H groups in total. The average Bonchev–Trinajstić information content (AvgIpc) is 3.01. The summed E-state index contributed by atoms with van der Waals surface area (Å²) in [5, 5.41) is 2.18. The lowest BCUT2D eigenvalue weighted by atomic mass is 10.2. The minimum Gasteiger partial charge on any atom is -0.459 e. The summed E-state index contributed by atoms with van der Waals surface area (Å²) in [6.07, 6.45) is -3.59. The van der Waals surface area contributed by atoms with Crippen molar-refractivity contribution in [2.45, 2.75) is 6.18 Å². The van der Waals surface area contributed by atoms with Crippen LogP contribution in [-0.2, 0) is 11.0 Å². The van der Waals surface area contributed by atoms with Crippen molar-refractivity contribution in [1.29, 1.82) is 0 Å². The van der Waals surface area contributed by atoms with Crippen molar-refractivity contribution in [3.05, 3.63) is 53.7 Å². The Kier molecular flexibility index (Phi) is 4.91. The second-order valence-electron chi connectivity index (χ2n) is 4.88. The third kappa shape index (κ3) is 4.12. The van der Waals surface area contributed by atoms with E-state index in [0.717, 1.165) is 11.0 Å². The Morgan fingerprint density at radius 3 is 2.54 bits per heavy atom. The molecule has 0 aliphatic carbocycles. The zero-order chi connectivity index (χ0) is 17.9. The first kappa shape index (κ1) is 17.5. The number of furan rings is 1. The van der Waals surface area contributed by atoms with Gasteiger partial charge in [-0.15, -0.1) is 0 Å². The van der Waals surface area contributed by atoms with Crippen molar-refractivity contribution in [3.63, 3.8) is 0 Å². The molecule has 0 atom stereocenters. The van der Waals surface area contributed by atoms with Crippen LogP contribution in [0.5, 0.6) is 0 Å². The maximum Gasteiger partial charge on any atom is 0.419 e. The third-order valence-corrected chi connectivity index (χ3v) is 3.01. The Balaban J connectivity index is 2.03. The Hall–Kier alpha value is -2.84. The highest BCUT2D eigenvalue weighted by Gasteiger charge is 2.34. The van der Waals surface area contributed by atoms with E-state index in [1.807, 2.05) is 0 Å². The van der Waals surface area contributed by atoms with Crippen molar-refractivity contribution < 1.29 is 31.6 Å². The summed E-state index contributed by atoms with van der Waals surface area (Å²) in [7, 11) is 1.33. The van der Waals surface area contributed by atoms with Crippen molar-refractivity contribution in [1.82, 2.24) is 4.90 Å². The topological polar surface area (TPSA) is 62.6 Å². The normalized spacial score (nSPS) is 11.2. The highest BCUT2D eigenvalue weighted by molar-refractivity contribution is 5.97. The molecule has 2 amide bonds. The molecule has 0 aliphatic rings. The number of halogens is 4. The lowest BCUT2D eigenvalue weighted by Crippen LogP contribution is -2.34. The summed E-state index contributed by atoms with van der Waals surface area (Å²) in [5.41, 5.74) is -1.71. The molecule has 1 heterocycles. The predicted molar refractivity (Wildman–Crippen MR) is 75.7 cm³/mol. The summed E-state index contributed by atoms with van der Waals surface area (Å²) < 4.78 is 55.9. The molecule has 2 rings (SSSR count). The van der Waals surface area contributed by atoms with Gasteiger partial charge in [-0.25, -0.2) is 4.39 Å². The standard InChI is InChI=1S/C15H12F4N2O3/c1-21(14(23)12-3-2-6-24-12)8-13(22)20-9-4-5-11(16)10(7-9)15(17,18)19/h2-7H,8H2,1H3,(H,20,22). The SMILES string of the molecule is CN(CC(=O)Nc1ccc(F)c(C(F)(F)F)c1)C(=O)c1ccco1. The molecular weight excluding hydrogens is 332 g/mol. The van der Waals surface area contributed by atoms with Crippen molar-refractivity contribution in [2.24, 2.45) is 0 Å². The smallest absolute Gasteiger partial charge is 0.419 e. The minimum atomic E-state index is -4.88. The highest BCUT2D eigenvalue weighted by Crippen LogP contribution is 2.32. The molecule has 0 bridgehead atoms. The average molecular weight is 344 g/mol. The molecule has 2 aromatic rings. The van der Waals surface area contributed by atoms with Crippen molar-refractivity contribution >= 4 is 17.5 Å². The highest BCUT2D eigenvalue weighted by atomic mass is 19.4. The van der Waals surface area contributed by atoms with Crippen LogP contribution in [0.25, 0.3) is 0 Å². The van der Waals surface area contributed by atoms with Crippen molar-refractivity contribution in [2.75, 3.05) is 18.9 Å². The lowest BCUT2D eigenvalue weighted by molar-refractivity contribution is -0.140. The monoisotopic (exact) mass is 344 g/mol. The Labute approximate surface area is 133 Å². The molecule has 9 heteroatoms. The minimum absolute atomic E-state index is 0.0199. The number of nitrogens with one attached hydrogen (secondary N) is 1. The van der Waals surface area contributed by atoms with Crippen LogP contribution in [0.4, 0.5) is 23.2 Å². The summed E-state index contributed by atoms with van der Waals surface area (Å²) in [5.74, 6) is -2.72. The molecule has 0 saturated carbocycles. The summed E-state index contributed by atoms with van der Waals surface area (Å²) >= 11 is 0. The van der Waals surface area contributed by atoms with E-state index in [-0.39, 0.29) is 11.4 Å². The van der Waals surface area contributed by atoms with Crippen LogP contribution in [0.3, 0.4) is 0 Å². The summed E-state index contributed by atoms with van der Waals surface area (Å²) in [6.45, 7) is -0.418. The molecular formula is C15H12F4N2O3. The largest absolute Gasteiger partial charge is 0.459 e. The quantitative estimate of drug-likeness (QED) is 0.867. The molecule has 5 nitrogen and oxygen atoms in total. The number of carbonyl (C=O) groups is 2. The van der Waals surface area contributed by atoms with E-state index >= 15 is 0 Å². The van der Waals surface area contributed by atoms with E-state index in [4.69, 9.17) is 4.42 Å². The molecule has 0 saturated heterocycles. The number of hydrogen-bond acceptors (Lipinski definition) is 3. The first-order valence-electron chi connectivity index (χ1n) is 6.64. The van der Waals surface area contributed by atoms with E-state index < -0.39 is 35.9 Å². The van der Waals surface area contributed by atoms with Gasteiger partial charge in [0.15, 0.2) is 5.76 Å². The zero-order valence-corrected chi connectivity index (χ0v) is 12.4. The van der Waals surface area contributed by atoms with Gasteiger partial charge in [-0.2, -0.15) is 13.2 Å². The third-order valence-electron chi connectivity index (χ3n) is 3.01. The molecule has 0 radical (unpaired) electrons. The van der Waals surface area contributed by atoms with Crippen LogP contribution >= 0.6 is 0 Å². The molecule has 0 unspecified atom stereocenters. The molecule has 1 aromatic heterocycles. The number of alkyl halides is 3. The second-order valence-corrected chi connectivity index (χ2v) is 4.88. The Bertz CT molecular complexity index is 742. The van der Waals surface area contributed by atoms with Gasteiger partial charge in [-0.3, -0.25) is 9.59 Å². The number of nitrogens with zero attached hydrogens (tertiary/aromatic N) is 1. The van der Waals surface area contributed by atoms with Crippen LogP contribution in [0.15, 0.2) is 41.0 Å². The van der Waals surface area contributed by atoms with E-state index in [1.54, 1.807) is 0 Å². The summed E-state index contributed by atoms with van der Waals surface area (Å²) in [6, 6.07) is 5.00. The van der Waals surface area contributed by atoms with Gasteiger partial charge in [0.2, 0.25) is 5.91 Å². The van der Waals surface area contributed by atoms with Gasteiger partial charge in [0, 0.05) is 12.7 Å². The molecule has 0 aliphatic heterocycles. The fraction of sp³-hybridized carbons (Fsp3) is 0.200. The number of amides is 2. The Morgan fingerprint density at radius 1 is 1.25 bits per heavy atom. The molecule has 24 heavy (non-hydrogen) atoms. The number of likely N-dealkylation sites (N-methyl/N-ethyl adjacent to an activating group) is 1. The van der Waals surface area contributed by atoms with Gasteiger partial charge >= 0.3 is 6.18 Å². The predicted octanol–water partition coefficient (Wildman–Crippen LogP) is 3.15. The van der Waals surface area contributed by atoms with Gasteiger partial charge < -0.3 is 14.6 Å². The maximum atomic E-state index is 13.2. The van der Waals surface area contributed by atoms with Gasteiger partial charge in [0.25, 0.3) is 5.91 Å². The van der Waals surface area contributed by atoms with Gasteiger partial charge in [0.05, 0.1) is 18.4 Å². The number of carbonyl (C=O) groups excluding carboxylic acids is 2. The number of benzene rings is 1. The molecule has 1 aromatic carbocycles. The van der Waals surface area contributed by atoms with Crippen molar-refractivity contribution in [3.8, 4) is 0 Å². The Morgan fingerprint density at radius 2 is 1.96 bits per heavy atom. The van der Waals surface area contributed by atoms with Gasteiger partial charge in [0.1, 0.15) is 5.82 Å². The second kappa shape index (κ2) is 6.73. The number of anilines is 1. The van der Waals surface area contributed by atoms with Crippen LogP contribution in [-0.4, -0.2) is 30.3 Å². The number of hydrogen-bond donors (Lipinski definition) is 1. The fourth-order valence-corrected chi connectivity index (χ4v) is 1.90. The summed E-state index contributed by atoms with van der Waals surface area (Å²) in [4.78, 5) is 24.7. The van der Waals surface area contributed by atoms with E-state index in [1.165, 1.54) is 25.4 Å². The van der Waals surface area contributed by atoms with Crippen LogP contribution in [0.2, 0.25) is 0 Å². The first-order valence-corrected chi connectivity index (χ1v) is 6.64. The lowest BCUT2D eigenvalue weighted by Gasteiger charge is -2.16. The van der Waals surface area contributed by atoms with Crippen LogP contribution in [0, 0.1) is 5.82 Å². The molecule has 128 valence electrons. The van der Waals surface area contributed by atoms with Gasteiger partial charge in [-0.05, 0) is 30.3 Å². The van der Waals surface area contributed by atoms with Crippen LogP contribution in [0.1, 0.15) is 16.1 Å². The van der Waals surface area contributed by atoms with E-state index in [9.17, 15) is 27.2 Å². The van der Waals surface area contributed by atoms with E-state index in [0.29, 0.717) is 12.1 Å². The first-order chi connectivity index (χ1) is 11.2. The maximum absolute atomic E-state index is 13.2. The van der Waals surface area contributed by atoms with E-state index in [2.05, 4.69) is 5.32 Å². The molecule has 0 spiro atoms. The fourth-order valence-electron chi connectivity index (χ4n) is 1.90. The zero-order valence-electron chi connectivity index (χ0n) is 12.4.